The zero-order valence-corrected chi connectivity index (χ0v) is 14.5. The van der Waals surface area contributed by atoms with Gasteiger partial charge in [-0.1, -0.05) is 6.42 Å². The molecule has 1 aromatic carbocycles. The number of carbonyl (C=O) groups excluding carboxylic acids is 2. The SMILES string of the molecule is COc1cc(C(=O)NC2CCCC2CN)cc(OC)c1OCC(N)=O. The van der Waals surface area contributed by atoms with Gasteiger partial charge in [-0.3, -0.25) is 9.59 Å². The zero-order valence-electron chi connectivity index (χ0n) is 14.5. The summed E-state index contributed by atoms with van der Waals surface area (Å²) in [5.41, 5.74) is 11.2. The van der Waals surface area contributed by atoms with Gasteiger partial charge in [0.15, 0.2) is 18.1 Å². The van der Waals surface area contributed by atoms with Crippen LogP contribution in [-0.2, 0) is 4.79 Å². The van der Waals surface area contributed by atoms with Crippen LogP contribution in [0.3, 0.4) is 0 Å². The monoisotopic (exact) mass is 351 g/mol. The van der Waals surface area contributed by atoms with Crippen molar-refractivity contribution < 1.29 is 23.8 Å². The van der Waals surface area contributed by atoms with Crippen molar-refractivity contribution in [2.75, 3.05) is 27.4 Å². The molecule has 0 aliphatic heterocycles. The number of benzene rings is 1. The van der Waals surface area contributed by atoms with Crippen LogP contribution >= 0.6 is 0 Å². The maximum atomic E-state index is 12.6. The zero-order chi connectivity index (χ0) is 18.4. The van der Waals surface area contributed by atoms with E-state index < -0.39 is 5.91 Å². The molecule has 0 spiro atoms. The van der Waals surface area contributed by atoms with Crippen molar-refractivity contribution >= 4 is 11.8 Å². The number of hydrogen-bond donors (Lipinski definition) is 3. The van der Waals surface area contributed by atoms with E-state index >= 15 is 0 Å². The minimum Gasteiger partial charge on any atom is -0.493 e. The maximum absolute atomic E-state index is 12.6. The minimum absolute atomic E-state index is 0.0697. The first-order chi connectivity index (χ1) is 12.0. The van der Waals surface area contributed by atoms with Gasteiger partial charge in [0.1, 0.15) is 0 Å². The van der Waals surface area contributed by atoms with E-state index in [0.29, 0.717) is 18.0 Å². The van der Waals surface area contributed by atoms with Crippen molar-refractivity contribution in [1.29, 1.82) is 0 Å². The Labute approximate surface area is 146 Å². The van der Waals surface area contributed by atoms with E-state index in [1.165, 1.54) is 14.2 Å². The van der Waals surface area contributed by atoms with Crippen molar-refractivity contribution in [2.24, 2.45) is 17.4 Å². The average molecular weight is 351 g/mol. The summed E-state index contributed by atoms with van der Waals surface area (Å²) in [7, 11) is 2.88. The quantitative estimate of drug-likeness (QED) is 0.623. The lowest BCUT2D eigenvalue weighted by Gasteiger charge is -2.20. The second-order valence-corrected chi connectivity index (χ2v) is 5.97. The molecule has 0 aromatic heterocycles. The molecule has 2 rings (SSSR count). The summed E-state index contributed by atoms with van der Waals surface area (Å²) in [5, 5.41) is 3.02. The summed E-state index contributed by atoms with van der Waals surface area (Å²) < 4.78 is 15.9. The Bertz CT molecular complexity index is 610. The lowest BCUT2D eigenvalue weighted by Crippen LogP contribution is -2.39. The van der Waals surface area contributed by atoms with Crippen molar-refractivity contribution in [3.05, 3.63) is 17.7 Å². The molecule has 0 bridgehead atoms. The highest BCUT2D eigenvalue weighted by Crippen LogP contribution is 2.38. The number of ether oxygens (including phenoxy) is 3. The highest BCUT2D eigenvalue weighted by Gasteiger charge is 2.28. The summed E-state index contributed by atoms with van der Waals surface area (Å²) in [5.74, 6) is 0.232. The number of rotatable bonds is 8. The van der Waals surface area contributed by atoms with Gasteiger partial charge < -0.3 is 31.0 Å². The number of primary amides is 1. The van der Waals surface area contributed by atoms with Gasteiger partial charge in [0, 0.05) is 11.6 Å². The molecule has 0 radical (unpaired) electrons. The molecular formula is C17H25N3O5. The number of hydrogen-bond acceptors (Lipinski definition) is 6. The van der Waals surface area contributed by atoms with Crippen LogP contribution in [0.15, 0.2) is 12.1 Å². The van der Waals surface area contributed by atoms with Gasteiger partial charge in [0.05, 0.1) is 14.2 Å². The molecule has 1 aliphatic carbocycles. The third-order valence-electron chi connectivity index (χ3n) is 4.36. The van der Waals surface area contributed by atoms with Crippen LogP contribution in [0.4, 0.5) is 0 Å². The smallest absolute Gasteiger partial charge is 0.255 e. The fourth-order valence-corrected chi connectivity index (χ4v) is 3.06. The Kier molecular flexibility index (Phi) is 6.46. The summed E-state index contributed by atoms with van der Waals surface area (Å²) in [6, 6.07) is 3.15. The molecule has 8 nitrogen and oxygen atoms in total. The molecule has 1 saturated carbocycles. The van der Waals surface area contributed by atoms with Gasteiger partial charge in [-0.15, -0.1) is 0 Å². The predicted octanol–water partition coefficient (Wildman–Crippen LogP) is 0.425. The van der Waals surface area contributed by atoms with Crippen molar-refractivity contribution in [3.63, 3.8) is 0 Å². The molecule has 1 aromatic rings. The van der Waals surface area contributed by atoms with Gasteiger partial charge in [0.2, 0.25) is 5.75 Å². The predicted molar refractivity (Wildman–Crippen MR) is 91.9 cm³/mol. The highest BCUT2D eigenvalue weighted by atomic mass is 16.5. The van der Waals surface area contributed by atoms with Crippen LogP contribution in [0.1, 0.15) is 29.6 Å². The van der Waals surface area contributed by atoms with Gasteiger partial charge in [-0.25, -0.2) is 0 Å². The Morgan fingerprint density at radius 1 is 1.20 bits per heavy atom. The Hall–Kier alpha value is -2.48. The fraction of sp³-hybridized carbons (Fsp3) is 0.529. The summed E-state index contributed by atoms with van der Waals surface area (Å²) >= 11 is 0. The molecule has 138 valence electrons. The molecule has 0 saturated heterocycles. The van der Waals surface area contributed by atoms with Crippen LogP contribution in [0.25, 0.3) is 0 Å². The van der Waals surface area contributed by atoms with E-state index in [-0.39, 0.29) is 35.8 Å². The number of carbonyl (C=O) groups is 2. The van der Waals surface area contributed by atoms with Crippen molar-refractivity contribution in [1.82, 2.24) is 5.32 Å². The van der Waals surface area contributed by atoms with Crippen LogP contribution in [0, 0.1) is 5.92 Å². The molecule has 2 amide bonds. The molecule has 2 unspecified atom stereocenters. The standard InChI is InChI=1S/C17H25N3O5/c1-23-13-6-11(7-14(24-2)16(13)25-9-15(19)21)17(22)20-12-5-3-4-10(12)8-18/h6-7,10,12H,3-5,8-9,18H2,1-2H3,(H2,19,21)(H,20,22). The summed E-state index contributed by atoms with van der Waals surface area (Å²) in [4.78, 5) is 23.5. The number of nitrogens with two attached hydrogens (primary N) is 2. The Morgan fingerprint density at radius 3 is 2.36 bits per heavy atom. The fourth-order valence-electron chi connectivity index (χ4n) is 3.06. The highest BCUT2D eigenvalue weighted by molar-refractivity contribution is 5.96. The van der Waals surface area contributed by atoms with Gasteiger partial charge in [-0.2, -0.15) is 0 Å². The largest absolute Gasteiger partial charge is 0.493 e. The first kappa shape index (κ1) is 18.9. The second-order valence-electron chi connectivity index (χ2n) is 5.97. The molecular weight excluding hydrogens is 326 g/mol. The Morgan fingerprint density at radius 2 is 1.84 bits per heavy atom. The number of methoxy groups -OCH3 is 2. The van der Waals surface area contributed by atoms with E-state index in [2.05, 4.69) is 5.32 Å². The molecule has 1 aliphatic rings. The van der Waals surface area contributed by atoms with Gasteiger partial charge >= 0.3 is 0 Å². The van der Waals surface area contributed by atoms with Crippen molar-refractivity contribution in [3.8, 4) is 17.2 Å². The number of amides is 2. The van der Waals surface area contributed by atoms with E-state index in [0.717, 1.165) is 19.3 Å². The van der Waals surface area contributed by atoms with E-state index in [1.54, 1.807) is 12.1 Å². The van der Waals surface area contributed by atoms with Crippen LogP contribution in [0.2, 0.25) is 0 Å². The van der Waals surface area contributed by atoms with Gasteiger partial charge in [0.25, 0.3) is 11.8 Å². The summed E-state index contributed by atoms with van der Waals surface area (Å²) in [6.07, 6.45) is 3.00. The second kappa shape index (κ2) is 8.57. The van der Waals surface area contributed by atoms with Crippen LogP contribution in [0.5, 0.6) is 17.2 Å². The molecule has 25 heavy (non-hydrogen) atoms. The first-order valence-corrected chi connectivity index (χ1v) is 8.18. The molecule has 0 heterocycles. The third kappa shape index (κ3) is 4.54. The molecule has 8 heteroatoms. The van der Waals surface area contributed by atoms with Gasteiger partial charge in [-0.05, 0) is 37.4 Å². The lowest BCUT2D eigenvalue weighted by atomic mass is 10.0. The Balaban J connectivity index is 2.22. The van der Waals surface area contributed by atoms with Crippen LogP contribution < -0.4 is 31.0 Å². The topological polar surface area (TPSA) is 126 Å². The number of nitrogens with one attached hydrogen (secondary N) is 1. The lowest BCUT2D eigenvalue weighted by molar-refractivity contribution is -0.120. The first-order valence-electron chi connectivity index (χ1n) is 8.18. The van der Waals surface area contributed by atoms with Crippen molar-refractivity contribution in [2.45, 2.75) is 25.3 Å². The maximum Gasteiger partial charge on any atom is 0.255 e. The molecule has 2 atom stereocenters. The minimum atomic E-state index is -0.625. The third-order valence-corrected chi connectivity index (χ3v) is 4.36. The van der Waals surface area contributed by atoms with E-state index in [9.17, 15) is 9.59 Å². The molecule has 1 fully saturated rings. The molecule has 5 N–H and O–H groups in total. The van der Waals surface area contributed by atoms with E-state index in [4.69, 9.17) is 25.7 Å². The van der Waals surface area contributed by atoms with Crippen LogP contribution in [-0.4, -0.2) is 45.2 Å². The normalized spacial score (nSPS) is 19.3. The van der Waals surface area contributed by atoms with E-state index in [1.807, 2.05) is 0 Å². The summed E-state index contributed by atoms with van der Waals surface area (Å²) in [6.45, 7) is 0.232. The average Bonchev–Trinajstić information content (AvgIpc) is 3.05.